The van der Waals surface area contributed by atoms with Crippen LogP contribution in [0.4, 0.5) is 0 Å². The molecule has 0 radical (unpaired) electrons. The lowest BCUT2D eigenvalue weighted by molar-refractivity contribution is -0.125. The third-order valence-electron chi connectivity index (χ3n) is 3.27. The fourth-order valence-corrected chi connectivity index (χ4v) is 3.79. The van der Waals surface area contributed by atoms with Gasteiger partial charge in [0, 0.05) is 31.7 Å². The minimum atomic E-state index is -0.190. The summed E-state index contributed by atoms with van der Waals surface area (Å²) < 4.78 is 1.04. The summed E-state index contributed by atoms with van der Waals surface area (Å²) in [5.41, 5.74) is 1.63. The van der Waals surface area contributed by atoms with Gasteiger partial charge in [0.25, 0.3) is 5.91 Å². The molecule has 108 valence electrons. The van der Waals surface area contributed by atoms with E-state index in [-0.39, 0.29) is 11.9 Å². The Morgan fingerprint density at radius 2 is 2.15 bits per heavy atom. The van der Waals surface area contributed by atoms with Crippen LogP contribution in [0.3, 0.4) is 0 Å². The molecule has 0 spiro atoms. The minimum absolute atomic E-state index is 0.00104. The summed E-state index contributed by atoms with van der Waals surface area (Å²) in [5, 5.41) is 3.89. The first kappa shape index (κ1) is 15.5. The Balaban J connectivity index is 2.53. The predicted molar refractivity (Wildman–Crippen MR) is 89.7 cm³/mol. The molecular weight excluding hydrogens is 358 g/mol. The normalized spacial score (nSPS) is 19.1. The minimum Gasteiger partial charge on any atom is -0.350 e. The van der Waals surface area contributed by atoms with Gasteiger partial charge >= 0.3 is 0 Å². The molecule has 0 saturated carbocycles. The number of hydrogen-bond donors (Lipinski definition) is 1. The highest BCUT2D eigenvalue weighted by Crippen LogP contribution is 2.35. The highest BCUT2D eigenvalue weighted by atomic mass is 79.9. The number of rotatable bonds is 2. The number of hydrogen-bond acceptors (Lipinski definition) is 3. The second-order valence-corrected chi connectivity index (χ2v) is 7.66. The molecule has 4 nitrogen and oxygen atoms in total. The van der Waals surface area contributed by atoms with E-state index in [1.807, 2.05) is 31.0 Å². The van der Waals surface area contributed by atoms with Gasteiger partial charge in [0.2, 0.25) is 0 Å². The maximum absolute atomic E-state index is 12.5. The summed E-state index contributed by atoms with van der Waals surface area (Å²) >= 11 is 10.4. The summed E-state index contributed by atoms with van der Waals surface area (Å²) in [6, 6.07) is 3.80. The van der Waals surface area contributed by atoms with E-state index in [0.29, 0.717) is 5.11 Å². The van der Waals surface area contributed by atoms with Gasteiger partial charge in [-0.2, -0.15) is 0 Å². The number of likely N-dealkylation sites (N-methyl/N-ethyl adjacent to an activating group) is 1. The molecule has 0 aromatic carbocycles. The van der Waals surface area contributed by atoms with Crippen molar-refractivity contribution in [2.24, 2.45) is 0 Å². The van der Waals surface area contributed by atoms with Crippen LogP contribution in [0.1, 0.15) is 17.8 Å². The molecule has 1 aromatic heterocycles. The molecule has 2 rings (SSSR count). The number of allylic oxidation sites excluding steroid dienone is 1. The Labute approximate surface area is 136 Å². The van der Waals surface area contributed by atoms with E-state index in [4.69, 9.17) is 12.2 Å². The van der Waals surface area contributed by atoms with Gasteiger partial charge in [-0.25, -0.2) is 0 Å². The highest BCUT2D eigenvalue weighted by Gasteiger charge is 2.33. The first-order chi connectivity index (χ1) is 9.32. The number of nitrogens with one attached hydrogen (secondary N) is 1. The van der Waals surface area contributed by atoms with E-state index in [9.17, 15) is 4.79 Å². The molecule has 1 aliphatic rings. The summed E-state index contributed by atoms with van der Waals surface area (Å²) in [6.07, 6.45) is 0. The number of carbonyl (C=O) groups is 1. The summed E-state index contributed by atoms with van der Waals surface area (Å²) in [6.45, 7) is 1.93. The molecule has 0 bridgehead atoms. The molecule has 0 aliphatic carbocycles. The van der Waals surface area contributed by atoms with Gasteiger partial charge < -0.3 is 15.1 Å². The van der Waals surface area contributed by atoms with Gasteiger partial charge in [-0.05, 0) is 47.2 Å². The number of nitrogens with zero attached hydrogens (tertiary/aromatic N) is 2. The Hall–Kier alpha value is -0.920. The Morgan fingerprint density at radius 1 is 1.50 bits per heavy atom. The topological polar surface area (TPSA) is 35.6 Å². The number of halogens is 1. The molecular formula is C13H16BrN3OS2. The number of thiocarbonyl (C=S) groups is 1. The van der Waals surface area contributed by atoms with Crippen LogP contribution < -0.4 is 5.32 Å². The van der Waals surface area contributed by atoms with Crippen LogP contribution in [0.5, 0.6) is 0 Å². The average Bonchev–Trinajstić information content (AvgIpc) is 2.81. The van der Waals surface area contributed by atoms with Crippen molar-refractivity contribution in [2.75, 3.05) is 21.1 Å². The number of amides is 1. The lowest BCUT2D eigenvalue weighted by Gasteiger charge is -2.36. The molecule has 1 aromatic rings. The first-order valence-corrected chi connectivity index (χ1v) is 8.06. The van der Waals surface area contributed by atoms with Crippen LogP contribution in [0.15, 0.2) is 27.2 Å². The van der Waals surface area contributed by atoms with Gasteiger partial charge in [0.05, 0.1) is 15.4 Å². The zero-order valence-corrected chi connectivity index (χ0v) is 14.9. The van der Waals surface area contributed by atoms with Crippen molar-refractivity contribution in [3.05, 3.63) is 32.1 Å². The van der Waals surface area contributed by atoms with Crippen LogP contribution in [0.2, 0.25) is 0 Å². The van der Waals surface area contributed by atoms with Crippen molar-refractivity contribution in [1.82, 2.24) is 15.1 Å². The molecule has 7 heteroatoms. The van der Waals surface area contributed by atoms with Crippen molar-refractivity contribution in [3.8, 4) is 0 Å². The largest absolute Gasteiger partial charge is 0.350 e. The van der Waals surface area contributed by atoms with Crippen molar-refractivity contribution in [1.29, 1.82) is 0 Å². The van der Waals surface area contributed by atoms with Crippen LogP contribution in [0, 0.1) is 0 Å². The third kappa shape index (κ3) is 2.75. The molecule has 0 saturated heterocycles. The van der Waals surface area contributed by atoms with Gasteiger partial charge in [0.1, 0.15) is 0 Å². The average molecular weight is 374 g/mol. The molecule has 1 amide bonds. The Morgan fingerprint density at radius 3 is 2.65 bits per heavy atom. The predicted octanol–water partition coefficient (Wildman–Crippen LogP) is 2.73. The fraction of sp³-hybridized carbons (Fsp3) is 0.385. The summed E-state index contributed by atoms with van der Waals surface area (Å²) in [5.74, 6) is -0.00104. The number of carbonyl (C=O) groups excluding carboxylic acids is 1. The molecule has 1 aliphatic heterocycles. The SMILES string of the molecule is CC1=C(C(=O)N(C)C)C(c2ccc(Br)s2)NC(=S)N1C. The molecule has 20 heavy (non-hydrogen) atoms. The maximum Gasteiger partial charge on any atom is 0.253 e. The van der Waals surface area contributed by atoms with Crippen LogP contribution in [-0.2, 0) is 4.79 Å². The van der Waals surface area contributed by atoms with Crippen LogP contribution >= 0.6 is 39.5 Å². The lowest BCUT2D eigenvalue weighted by Crippen LogP contribution is -2.47. The van der Waals surface area contributed by atoms with Gasteiger partial charge in [-0.3, -0.25) is 4.79 Å². The van der Waals surface area contributed by atoms with Crippen molar-refractivity contribution in [2.45, 2.75) is 13.0 Å². The Kier molecular flexibility index (Phi) is 4.51. The zero-order valence-electron chi connectivity index (χ0n) is 11.7. The number of thiophene rings is 1. The monoisotopic (exact) mass is 373 g/mol. The van der Waals surface area contributed by atoms with Crippen molar-refractivity contribution in [3.63, 3.8) is 0 Å². The molecule has 1 atom stereocenters. The van der Waals surface area contributed by atoms with E-state index in [2.05, 4.69) is 21.2 Å². The second kappa shape index (κ2) is 5.83. The van der Waals surface area contributed by atoms with Crippen molar-refractivity contribution >= 4 is 50.5 Å². The molecule has 2 heterocycles. The van der Waals surface area contributed by atoms with Gasteiger partial charge in [-0.15, -0.1) is 11.3 Å². The van der Waals surface area contributed by atoms with Gasteiger partial charge in [0.15, 0.2) is 5.11 Å². The molecule has 1 N–H and O–H groups in total. The maximum atomic E-state index is 12.5. The van der Waals surface area contributed by atoms with E-state index < -0.39 is 0 Å². The summed E-state index contributed by atoms with van der Waals surface area (Å²) in [4.78, 5) is 17.0. The molecule has 0 fully saturated rings. The lowest BCUT2D eigenvalue weighted by atomic mass is 10.00. The third-order valence-corrected chi connectivity index (χ3v) is 5.35. The fourth-order valence-electron chi connectivity index (χ4n) is 2.05. The van der Waals surface area contributed by atoms with E-state index in [1.165, 1.54) is 0 Å². The van der Waals surface area contributed by atoms with Crippen LogP contribution in [0.25, 0.3) is 0 Å². The summed E-state index contributed by atoms with van der Waals surface area (Å²) in [7, 11) is 5.39. The van der Waals surface area contributed by atoms with Gasteiger partial charge in [-0.1, -0.05) is 0 Å². The zero-order chi connectivity index (χ0) is 15.0. The first-order valence-electron chi connectivity index (χ1n) is 6.04. The van der Waals surface area contributed by atoms with E-state index >= 15 is 0 Å². The quantitative estimate of drug-likeness (QED) is 0.808. The standard InChI is InChI=1S/C13H16BrN3OS2/c1-7-10(12(18)16(2)3)11(15-13(19)17(7)4)8-5-6-9(14)20-8/h5-6,11H,1-4H3,(H,15,19). The van der Waals surface area contributed by atoms with Crippen LogP contribution in [-0.4, -0.2) is 42.0 Å². The highest BCUT2D eigenvalue weighted by molar-refractivity contribution is 9.11. The molecule has 1 unspecified atom stereocenters. The van der Waals surface area contributed by atoms with Crippen molar-refractivity contribution < 1.29 is 4.79 Å². The smallest absolute Gasteiger partial charge is 0.253 e. The second-order valence-electron chi connectivity index (χ2n) is 4.78. The van der Waals surface area contributed by atoms with E-state index in [1.54, 1.807) is 30.3 Å². The van der Waals surface area contributed by atoms with E-state index in [0.717, 1.165) is 19.9 Å². The Bertz CT molecular complexity index is 594.